The van der Waals surface area contributed by atoms with Crippen molar-refractivity contribution in [2.24, 2.45) is 0 Å². The normalized spacial score (nSPS) is 14.6. The molecule has 0 atom stereocenters. The second-order valence-corrected chi connectivity index (χ2v) is 5.57. The molecule has 1 fully saturated rings. The van der Waals surface area contributed by atoms with E-state index in [-0.39, 0.29) is 23.9 Å². The standard InChI is InChI=1S/C17H20N4O3.ClH/c22-16(18-6-7-21-8-10-24-11-9-21)14-12-15(19-20-17(14)23)13-4-2-1-3-5-13;/h1-5,12H,6-11H2,(H,18,22)(H,20,23);1H. The maximum Gasteiger partial charge on any atom is 0.277 e. The summed E-state index contributed by atoms with van der Waals surface area (Å²) >= 11 is 0. The van der Waals surface area contributed by atoms with E-state index in [0.29, 0.717) is 12.2 Å². The van der Waals surface area contributed by atoms with Crippen LogP contribution in [0.4, 0.5) is 0 Å². The van der Waals surface area contributed by atoms with E-state index in [1.54, 1.807) is 0 Å². The van der Waals surface area contributed by atoms with Gasteiger partial charge in [0, 0.05) is 31.7 Å². The first-order valence-corrected chi connectivity index (χ1v) is 7.97. The quantitative estimate of drug-likeness (QED) is 0.823. The summed E-state index contributed by atoms with van der Waals surface area (Å²) in [6, 6.07) is 10.9. The van der Waals surface area contributed by atoms with E-state index in [4.69, 9.17) is 4.74 Å². The third-order valence-electron chi connectivity index (χ3n) is 3.94. The number of aromatic nitrogens is 2. The predicted molar refractivity (Wildman–Crippen MR) is 97.1 cm³/mol. The molecule has 1 aliphatic heterocycles. The Kier molecular flexibility index (Phi) is 7.12. The van der Waals surface area contributed by atoms with E-state index in [2.05, 4.69) is 20.4 Å². The minimum atomic E-state index is -0.487. The number of H-pyrrole nitrogens is 1. The van der Waals surface area contributed by atoms with Crippen LogP contribution in [0.15, 0.2) is 41.2 Å². The van der Waals surface area contributed by atoms with Crippen molar-refractivity contribution in [2.45, 2.75) is 0 Å². The number of aromatic amines is 1. The number of hydrogen-bond donors (Lipinski definition) is 2. The highest BCUT2D eigenvalue weighted by Crippen LogP contribution is 2.14. The Morgan fingerprint density at radius 2 is 1.96 bits per heavy atom. The zero-order chi connectivity index (χ0) is 16.8. The van der Waals surface area contributed by atoms with Crippen LogP contribution in [-0.2, 0) is 4.74 Å². The Morgan fingerprint density at radius 3 is 2.68 bits per heavy atom. The first kappa shape index (κ1) is 19.1. The average molecular weight is 365 g/mol. The summed E-state index contributed by atoms with van der Waals surface area (Å²) in [4.78, 5) is 26.4. The van der Waals surface area contributed by atoms with Crippen LogP contribution in [0, 0.1) is 0 Å². The smallest absolute Gasteiger partial charge is 0.277 e. The van der Waals surface area contributed by atoms with Crippen molar-refractivity contribution in [3.05, 3.63) is 52.3 Å². The molecular formula is C17H21ClN4O3. The largest absolute Gasteiger partial charge is 0.379 e. The van der Waals surface area contributed by atoms with Gasteiger partial charge >= 0.3 is 0 Å². The number of rotatable bonds is 5. The Balaban J connectivity index is 0.00000225. The van der Waals surface area contributed by atoms with Gasteiger partial charge in [0.1, 0.15) is 5.56 Å². The summed E-state index contributed by atoms with van der Waals surface area (Å²) in [6.07, 6.45) is 0. The van der Waals surface area contributed by atoms with Gasteiger partial charge in [0.05, 0.1) is 18.9 Å². The highest BCUT2D eigenvalue weighted by atomic mass is 35.5. The lowest BCUT2D eigenvalue weighted by molar-refractivity contribution is 0.0383. The van der Waals surface area contributed by atoms with Gasteiger partial charge in [-0.05, 0) is 6.07 Å². The van der Waals surface area contributed by atoms with Gasteiger partial charge in [-0.15, -0.1) is 12.4 Å². The molecule has 134 valence electrons. The Bertz CT molecular complexity index is 745. The van der Waals surface area contributed by atoms with E-state index < -0.39 is 5.56 Å². The van der Waals surface area contributed by atoms with Crippen molar-refractivity contribution < 1.29 is 9.53 Å². The molecule has 25 heavy (non-hydrogen) atoms. The fourth-order valence-corrected chi connectivity index (χ4v) is 2.58. The molecule has 3 rings (SSSR count). The summed E-state index contributed by atoms with van der Waals surface area (Å²) in [5.74, 6) is -0.385. The molecule has 0 aliphatic carbocycles. The zero-order valence-corrected chi connectivity index (χ0v) is 14.6. The lowest BCUT2D eigenvalue weighted by atomic mass is 10.1. The molecule has 2 aromatic rings. The van der Waals surface area contributed by atoms with Crippen LogP contribution in [0.5, 0.6) is 0 Å². The SMILES string of the molecule is Cl.O=C(NCCN1CCOCC1)c1cc(-c2ccccc2)n[nH]c1=O. The van der Waals surface area contributed by atoms with Crippen molar-refractivity contribution in [1.29, 1.82) is 0 Å². The number of benzene rings is 1. The van der Waals surface area contributed by atoms with Crippen LogP contribution in [0.1, 0.15) is 10.4 Å². The average Bonchev–Trinajstić information content (AvgIpc) is 2.63. The molecule has 0 radical (unpaired) electrons. The van der Waals surface area contributed by atoms with Crippen LogP contribution in [-0.4, -0.2) is 60.4 Å². The number of halogens is 1. The maximum atomic E-state index is 12.3. The lowest BCUT2D eigenvalue weighted by Crippen LogP contribution is -2.42. The van der Waals surface area contributed by atoms with Gasteiger partial charge in [0.15, 0.2) is 0 Å². The van der Waals surface area contributed by atoms with Crippen LogP contribution in [0.3, 0.4) is 0 Å². The molecule has 1 aromatic heterocycles. The van der Waals surface area contributed by atoms with Gasteiger partial charge in [-0.1, -0.05) is 30.3 Å². The predicted octanol–water partition coefficient (Wildman–Crippen LogP) is 0.921. The second-order valence-electron chi connectivity index (χ2n) is 5.57. The molecule has 1 amide bonds. The van der Waals surface area contributed by atoms with E-state index in [1.807, 2.05) is 30.3 Å². The highest BCUT2D eigenvalue weighted by Gasteiger charge is 2.14. The molecule has 7 nitrogen and oxygen atoms in total. The van der Waals surface area contributed by atoms with Gasteiger partial charge in [0.2, 0.25) is 0 Å². The minimum Gasteiger partial charge on any atom is -0.379 e. The molecule has 1 saturated heterocycles. The van der Waals surface area contributed by atoms with E-state index in [0.717, 1.165) is 38.4 Å². The molecular weight excluding hydrogens is 344 g/mol. The van der Waals surface area contributed by atoms with Gasteiger partial charge in [0.25, 0.3) is 11.5 Å². The third kappa shape index (κ3) is 5.12. The molecule has 0 saturated carbocycles. The summed E-state index contributed by atoms with van der Waals surface area (Å²) in [6.45, 7) is 4.40. The van der Waals surface area contributed by atoms with Crippen molar-refractivity contribution in [2.75, 3.05) is 39.4 Å². The van der Waals surface area contributed by atoms with Gasteiger partial charge in [-0.3, -0.25) is 14.5 Å². The summed E-state index contributed by atoms with van der Waals surface area (Å²) in [5, 5.41) is 9.20. The molecule has 0 bridgehead atoms. The monoisotopic (exact) mass is 364 g/mol. The van der Waals surface area contributed by atoms with Crippen LogP contribution >= 0.6 is 12.4 Å². The summed E-state index contributed by atoms with van der Waals surface area (Å²) < 4.78 is 5.29. The Labute approximate surface area is 151 Å². The number of hydrogen-bond acceptors (Lipinski definition) is 5. The number of ether oxygens (including phenoxy) is 1. The van der Waals surface area contributed by atoms with Crippen molar-refractivity contribution >= 4 is 18.3 Å². The molecule has 8 heteroatoms. The molecule has 2 N–H and O–H groups in total. The summed E-state index contributed by atoms with van der Waals surface area (Å²) in [7, 11) is 0. The third-order valence-corrected chi connectivity index (χ3v) is 3.94. The number of amides is 1. The van der Waals surface area contributed by atoms with Crippen molar-refractivity contribution in [3.63, 3.8) is 0 Å². The van der Waals surface area contributed by atoms with Gasteiger partial charge in [-0.2, -0.15) is 5.10 Å². The Morgan fingerprint density at radius 1 is 1.24 bits per heavy atom. The fourth-order valence-electron chi connectivity index (χ4n) is 2.58. The molecule has 0 spiro atoms. The van der Waals surface area contributed by atoms with Gasteiger partial charge in [-0.25, -0.2) is 5.10 Å². The highest BCUT2D eigenvalue weighted by molar-refractivity contribution is 5.94. The van der Waals surface area contributed by atoms with Crippen LogP contribution in [0.25, 0.3) is 11.3 Å². The zero-order valence-electron chi connectivity index (χ0n) is 13.7. The fraction of sp³-hybridized carbons (Fsp3) is 0.353. The Hall–Kier alpha value is -2.22. The molecule has 1 aromatic carbocycles. The molecule has 0 unspecified atom stereocenters. The first-order valence-electron chi connectivity index (χ1n) is 7.97. The maximum absolute atomic E-state index is 12.3. The van der Waals surface area contributed by atoms with Crippen LogP contribution in [0.2, 0.25) is 0 Å². The van der Waals surface area contributed by atoms with E-state index >= 15 is 0 Å². The van der Waals surface area contributed by atoms with Gasteiger partial charge < -0.3 is 10.1 Å². The first-order chi connectivity index (χ1) is 11.7. The number of nitrogens with zero attached hydrogens (tertiary/aromatic N) is 2. The number of carbonyl (C=O) groups excluding carboxylic acids is 1. The second kappa shape index (κ2) is 9.31. The minimum absolute atomic E-state index is 0. The van der Waals surface area contributed by atoms with Crippen LogP contribution < -0.4 is 10.9 Å². The van der Waals surface area contributed by atoms with E-state index in [1.165, 1.54) is 6.07 Å². The van der Waals surface area contributed by atoms with Crippen molar-refractivity contribution in [3.8, 4) is 11.3 Å². The molecule has 1 aliphatic rings. The number of nitrogens with one attached hydrogen (secondary N) is 2. The van der Waals surface area contributed by atoms with E-state index in [9.17, 15) is 9.59 Å². The number of carbonyl (C=O) groups is 1. The lowest BCUT2D eigenvalue weighted by Gasteiger charge is -2.26. The molecule has 2 heterocycles. The van der Waals surface area contributed by atoms with Crippen molar-refractivity contribution in [1.82, 2.24) is 20.4 Å². The number of morpholine rings is 1. The topological polar surface area (TPSA) is 87.3 Å². The summed E-state index contributed by atoms with van der Waals surface area (Å²) in [5.41, 5.74) is 0.994.